The molecule has 0 radical (unpaired) electrons. The first-order chi connectivity index (χ1) is 8.74. The third-order valence-corrected chi connectivity index (χ3v) is 3.79. The highest BCUT2D eigenvalue weighted by Gasteiger charge is 2.38. The molecular formula is C16H25NO. The number of nitrogens with zero attached hydrogens (tertiary/aromatic N) is 1. The summed E-state index contributed by atoms with van der Waals surface area (Å²) in [6, 6.07) is 7.78. The maximum atomic E-state index is 9.52. The van der Waals surface area contributed by atoms with Crippen molar-refractivity contribution in [1.29, 1.82) is 0 Å². The predicted octanol–water partition coefficient (Wildman–Crippen LogP) is 3.62. The largest absolute Gasteiger partial charge is 0.508 e. The molecule has 0 bridgehead atoms. The van der Waals surface area contributed by atoms with Crippen molar-refractivity contribution in [2.24, 2.45) is 5.92 Å². The molecule has 0 aromatic heterocycles. The summed E-state index contributed by atoms with van der Waals surface area (Å²) < 4.78 is 0. The highest BCUT2D eigenvalue weighted by Crippen LogP contribution is 2.48. The monoisotopic (exact) mass is 247 g/mol. The molecule has 0 saturated heterocycles. The Bertz CT molecular complexity index is 371. The van der Waals surface area contributed by atoms with E-state index in [-0.39, 0.29) is 0 Å². The van der Waals surface area contributed by atoms with E-state index >= 15 is 0 Å². The summed E-state index contributed by atoms with van der Waals surface area (Å²) >= 11 is 0. The molecule has 0 amide bonds. The zero-order valence-corrected chi connectivity index (χ0v) is 11.6. The smallest absolute Gasteiger partial charge is 0.115 e. The minimum Gasteiger partial charge on any atom is -0.508 e. The molecule has 1 aromatic rings. The van der Waals surface area contributed by atoms with Gasteiger partial charge in [0.05, 0.1) is 0 Å². The van der Waals surface area contributed by atoms with Crippen LogP contribution >= 0.6 is 0 Å². The Morgan fingerprint density at radius 2 is 1.94 bits per heavy atom. The first-order valence-corrected chi connectivity index (χ1v) is 7.25. The standard InChI is InChI=1S/C16H25NO/c1-3-8-17(9-4-2)12-14-11-16(14)13-6-5-7-15(18)10-13/h5-7,10,14,16,18H,3-4,8-9,11-12H2,1-2H3/t14-,16-/m1/s1. The molecule has 0 unspecified atom stereocenters. The van der Waals surface area contributed by atoms with Crippen molar-refractivity contribution in [3.8, 4) is 5.75 Å². The Morgan fingerprint density at radius 3 is 2.56 bits per heavy atom. The van der Waals surface area contributed by atoms with Crippen molar-refractivity contribution in [3.05, 3.63) is 29.8 Å². The molecule has 1 aliphatic carbocycles. The molecule has 1 fully saturated rings. The summed E-state index contributed by atoms with van der Waals surface area (Å²) in [4.78, 5) is 2.59. The molecule has 1 N–H and O–H groups in total. The van der Waals surface area contributed by atoms with E-state index in [9.17, 15) is 5.11 Å². The fourth-order valence-corrected chi connectivity index (χ4v) is 2.87. The molecule has 18 heavy (non-hydrogen) atoms. The Hall–Kier alpha value is -1.02. The molecule has 0 spiro atoms. The van der Waals surface area contributed by atoms with Crippen molar-refractivity contribution >= 4 is 0 Å². The number of hydrogen-bond acceptors (Lipinski definition) is 2. The van der Waals surface area contributed by atoms with Gasteiger partial charge in [0, 0.05) is 6.54 Å². The van der Waals surface area contributed by atoms with Gasteiger partial charge >= 0.3 is 0 Å². The van der Waals surface area contributed by atoms with Crippen LogP contribution in [0.5, 0.6) is 5.75 Å². The summed E-state index contributed by atoms with van der Waals surface area (Å²) in [5.41, 5.74) is 1.31. The Balaban J connectivity index is 1.86. The van der Waals surface area contributed by atoms with Crippen LogP contribution in [0.3, 0.4) is 0 Å². The van der Waals surface area contributed by atoms with E-state index in [1.165, 1.54) is 44.5 Å². The molecule has 0 heterocycles. The lowest BCUT2D eigenvalue weighted by Crippen LogP contribution is -2.28. The molecule has 1 aromatic carbocycles. The van der Waals surface area contributed by atoms with Crippen LogP contribution in [-0.4, -0.2) is 29.6 Å². The SMILES string of the molecule is CCCN(CCC)C[C@H]1C[C@@H]1c1cccc(O)c1. The van der Waals surface area contributed by atoms with Gasteiger partial charge in [0.2, 0.25) is 0 Å². The predicted molar refractivity (Wildman–Crippen MR) is 76.0 cm³/mol. The third-order valence-electron chi connectivity index (χ3n) is 3.79. The minimum atomic E-state index is 0.400. The van der Waals surface area contributed by atoms with Gasteiger partial charge in [-0.05, 0) is 61.9 Å². The number of phenolic OH excluding ortho intramolecular Hbond substituents is 1. The average molecular weight is 247 g/mol. The van der Waals surface area contributed by atoms with Crippen LogP contribution in [0, 0.1) is 5.92 Å². The van der Waals surface area contributed by atoms with Gasteiger partial charge in [0.25, 0.3) is 0 Å². The van der Waals surface area contributed by atoms with E-state index in [0.717, 1.165) is 5.92 Å². The quantitative estimate of drug-likeness (QED) is 0.795. The fraction of sp³-hybridized carbons (Fsp3) is 0.625. The van der Waals surface area contributed by atoms with Crippen LogP contribution in [-0.2, 0) is 0 Å². The van der Waals surface area contributed by atoms with E-state index in [1.807, 2.05) is 12.1 Å². The van der Waals surface area contributed by atoms with Crippen molar-refractivity contribution in [2.45, 2.75) is 39.0 Å². The van der Waals surface area contributed by atoms with Crippen LogP contribution in [0.25, 0.3) is 0 Å². The number of benzene rings is 1. The van der Waals surface area contributed by atoms with E-state index in [0.29, 0.717) is 11.7 Å². The van der Waals surface area contributed by atoms with Gasteiger partial charge in [-0.15, -0.1) is 0 Å². The topological polar surface area (TPSA) is 23.5 Å². The van der Waals surface area contributed by atoms with Crippen LogP contribution in [0.4, 0.5) is 0 Å². The Kier molecular flexibility index (Phi) is 4.65. The lowest BCUT2D eigenvalue weighted by Gasteiger charge is -2.20. The summed E-state index contributed by atoms with van der Waals surface area (Å²) in [6.45, 7) is 8.17. The summed E-state index contributed by atoms with van der Waals surface area (Å²) in [5, 5.41) is 9.52. The zero-order chi connectivity index (χ0) is 13.0. The molecule has 2 nitrogen and oxygen atoms in total. The first-order valence-electron chi connectivity index (χ1n) is 7.25. The van der Waals surface area contributed by atoms with E-state index in [4.69, 9.17) is 0 Å². The normalized spacial score (nSPS) is 22.4. The number of rotatable bonds is 7. The highest BCUT2D eigenvalue weighted by atomic mass is 16.3. The van der Waals surface area contributed by atoms with Gasteiger partial charge in [-0.2, -0.15) is 0 Å². The molecule has 1 aliphatic rings. The van der Waals surface area contributed by atoms with Crippen LogP contribution in [0.1, 0.15) is 44.6 Å². The van der Waals surface area contributed by atoms with Crippen molar-refractivity contribution in [2.75, 3.05) is 19.6 Å². The fourth-order valence-electron chi connectivity index (χ4n) is 2.87. The molecule has 2 heteroatoms. The Morgan fingerprint density at radius 1 is 1.22 bits per heavy atom. The lowest BCUT2D eigenvalue weighted by molar-refractivity contribution is 0.262. The average Bonchev–Trinajstić information content (AvgIpc) is 3.09. The summed E-state index contributed by atoms with van der Waals surface area (Å²) in [7, 11) is 0. The van der Waals surface area contributed by atoms with Crippen LogP contribution in [0.2, 0.25) is 0 Å². The van der Waals surface area contributed by atoms with Gasteiger partial charge in [0.15, 0.2) is 0 Å². The summed E-state index contributed by atoms with van der Waals surface area (Å²) in [5.74, 6) is 1.87. The van der Waals surface area contributed by atoms with E-state index < -0.39 is 0 Å². The molecular weight excluding hydrogens is 222 g/mol. The zero-order valence-electron chi connectivity index (χ0n) is 11.6. The van der Waals surface area contributed by atoms with Gasteiger partial charge in [-0.1, -0.05) is 26.0 Å². The van der Waals surface area contributed by atoms with Crippen LogP contribution in [0.15, 0.2) is 24.3 Å². The van der Waals surface area contributed by atoms with Gasteiger partial charge in [0.1, 0.15) is 5.75 Å². The van der Waals surface area contributed by atoms with Gasteiger partial charge in [-0.25, -0.2) is 0 Å². The maximum absolute atomic E-state index is 9.52. The van der Waals surface area contributed by atoms with Crippen molar-refractivity contribution in [3.63, 3.8) is 0 Å². The lowest BCUT2D eigenvalue weighted by atomic mass is 10.1. The molecule has 100 valence electrons. The molecule has 1 saturated carbocycles. The van der Waals surface area contributed by atoms with Crippen LogP contribution < -0.4 is 0 Å². The minimum absolute atomic E-state index is 0.400. The molecule has 0 aliphatic heterocycles. The summed E-state index contributed by atoms with van der Waals surface area (Å²) in [6.07, 6.45) is 3.76. The number of phenols is 1. The maximum Gasteiger partial charge on any atom is 0.115 e. The molecule has 2 atom stereocenters. The highest BCUT2D eigenvalue weighted by molar-refractivity contribution is 5.33. The van der Waals surface area contributed by atoms with Gasteiger partial charge in [-0.3, -0.25) is 0 Å². The van der Waals surface area contributed by atoms with E-state index in [2.05, 4.69) is 24.8 Å². The number of hydrogen-bond donors (Lipinski definition) is 1. The second kappa shape index (κ2) is 6.24. The van der Waals surface area contributed by atoms with E-state index in [1.54, 1.807) is 6.07 Å². The first kappa shape index (κ1) is 13.4. The third kappa shape index (κ3) is 3.49. The van der Waals surface area contributed by atoms with Crippen molar-refractivity contribution < 1.29 is 5.11 Å². The second-order valence-electron chi connectivity index (χ2n) is 5.50. The van der Waals surface area contributed by atoms with Gasteiger partial charge < -0.3 is 10.0 Å². The molecule has 2 rings (SSSR count). The number of aromatic hydroxyl groups is 1. The van der Waals surface area contributed by atoms with Crippen molar-refractivity contribution in [1.82, 2.24) is 4.90 Å². The second-order valence-corrected chi connectivity index (χ2v) is 5.50. The Labute approximate surface area is 111 Å².